The molecule has 0 aliphatic heterocycles. The van der Waals surface area contributed by atoms with Crippen LogP contribution in [-0.2, 0) is 10.3 Å². The largest absolute Gasteiger partial charge is 0.396 e. The van der Waals surface area contributed by atoms with Crippen molar-refractivity contribution in [3.8, 4) is 0 Å². The van der Waals surface area contributed by atoms with Crippen molar-refractivity contribution in [3.05, 3.63) is 124 Å². The molecule has 0 amide bonds. The Labute approximate surface area is 245 Å². The second kappa shape index (κ2) is 11.9. The summed E-state index contributed by atoms with van der Waals surface area (Å²) in [6, 6.07) is 30.8. The lowest BCUT2D eigenvalue weighted by Gasteiger charge is -2.46. The van der Waals surface area contributed by atoms with Crippen molar-refractivity contribution in [3.63, 3.8) is 0 Å². The molecule has 2 aromatic heterocycles. The standard InChI is InChI=1S/C34H37N5O3/c1-23(2)19-35-33-37-31-30(32(41)38-33)36-22-39(31)29-18-24(20-40)28(29)21-42-34(25-12-6-3-7-13-25,26-14-8-4-9-15-26)27-16-10-5-11-17-27/h3-17,22-24,28-29,40H,18-21H2,1-2H3,(H2,35,37,38,41)/t24-,28-,29-/m1/s1. The highest BCUT2D eigenvalue weighted by atomic mass is 16.5. The fourth-order valence-corrected chi connectivity index (χ4v) is 6.10. The topological polar surface area (TPSA) is 105 Å². The number of hydrogen-bond donors (Lipinski definition) is 3. The van der Waals surface area contributed by atoms with Gasteiger partial charge in [-0.15, -0.1) is 0 Å². The van der Waals surface area contributed by atoms with Gasteiger partial charge >= 0.3 is 0 Å². The number of ether oxygens (including phenoxy) is 1. The van der Waals surface area contributed by atoms with Crippen LogP contribution in [0.4, 0.5) is 5.95 Å². The molecule has 0 bridgehead atoms. The molecule has 3 atom stereocenters. The van der Waals surface area contributed by atoms with E-state index in [9.17, 15) is 9.90 Å². The van der Waals surface area contributed by atoms with E-state index in [4.69, 9.17) is 9.72 Å². The summed E-state index contributed by atoms with van der Waals surface area (Å²) in [7, 11) is 0. The minimum Gasteiger partial charge on any atom is -0.396 e. The van der Waals surface area contributed by atoms with Gasteiger partial charge in [0.2, 0.25) is 5.95 Å². The molecular weight excluding hydrogens is 526 g/mol. The number of hydrogen-bond acceptors (Lipinski definition) is 6. The van der Waals surface area contributed by atoms with Gasteiger partial charge in [0.25, 0.3) is 5.56 Å². The fourth-order valence-electron chi connectivity index (χ4n) is 6.10. The molecule has 6 rings (SSSR count). The van der Waals surface area contributed by atoms with Gasteiger partial charge in [0.15, 0.2) is 11.2 Å². The summed E-state index contributed by atoms with van der Waals surface area (Å²) in [5, 5.41) is 13.5. The Hall–Kier alpha value is -4.27. The number of nitrogens with one attached hydrogen (secondary N) is 2. The monoisotopic (exact) mass is 563 g/mol. The van der Waals surface area contributed by atoms with E-state index >= 15 is 0 Å². The number of nitrogens with zero attached hydrogens (tertiary/aromatic N) is 3. The molecule has 1 saturated carbocycles. The highest BCUT2D eigenvalue weighted by Gasteiger charge is 2.46. The smallest absolute Gasteiger partial charge is 0.280 e. The molecule has 216 valence electrons. The summed E-state index contributed by atoms with van der Waals surface area (Å²) >= 11 is 0. The maximum absolute atomic E-state index is 12.8. The first-order chi connectivity index (χ1) is 20.5. The molecule has 1 aliphatic carbocycles. The lowest BCUT2D eigenvalue weighted by molar-refractivity contribution is -0.0762. The maximum Gasteiger partial charge on any atom is 0.280 e. The van der Waals surface area contributed by atoms with Crippen molar-refractivity contribution in [1.29, 1.82) is 0 Å². The lowest BCUT2D eigenvalue weighted by Crippen LogP contribution is -2.45. The van der Waals surface area contributed by atoms with Crippen LogP contribution in [0, 0.1) is 17.8 Å². The van der Waals surface area contributed by atoms with Crippen LogP contribution in [0.2, 0.25) is 0 Å². The van der Waals surface area contributed by atoms with E-state index in [0.29, 0.717) is 36.2 Å². The van der Waals surface area contributed by atoms with Crippen molar-refractivity contribution >= 4 is 17.1 Å². The molecule has 42 heavy (non-hydrogen) atoms. The molecule has 8 heteroatoms. The number of aromatic amines is 1. The second-order valence-electron chi connectivity index (χ2n) is 11.5. The Balaban J connectivity index is 1.38. The van der Waals surface area contributed by atoms with Gasteiger partial charge in [0.05, 0.1) is 12.9 Å². The van der Waals surface area contributed by atoms with Crippen molar-refractivity contribution in [2.24, 2.45) is 17.8 Å². The maximum atomic E-state index is 12.8. The number of fused-ring (bicyclic) bond motifs is 1. The van der Waals surface area contributed by atoms with Crippen LogP contribution in [0.1, 0.15) is 43.0 Å². The fraction of sp³-hybridized carbons (Fsp3) is 0.324. The van der Waals surface area contributed by atoms with Gasteiger partial charge in [-0.3, -0.25) is 9.78 Å². The highest BCUT2D eigenvalue weighted by molar-refractivity contribution is 5.71. The summed E-state index contributed by atoms with van der Waals surface area (Å²) < 4.78 is 9.12. The van der Waals surface area contributed by atoms with Crippen molar-refractivity contribution < 1.29 is 9.84 Å². The van der Waals surface area contributed by atoms with E-state index in [1.54, 1.807) is 6.33 Å². The zero-order valence-electron chi connectivity index (χ0n) is 24.0. The predicted octanol–water partition coefficient (Wildman–Crippen LogP) is 5.37. The average Bonchev–Trinajstić information content (AvgIpc) is 3.43. The highest BCUT2D eigenvalue weighted by Crippen LogP contribution is 2.48. The molecule has 0 spiro atoms. The van der Waals surface area contributed by atoms with Crippen LogP contribution in [0.25, 0.3) is 11.2 Å². The Bertz CT molecular complexity index is 1570. The Morgan fingerprint density at radius 1 is 0.976 bits per heavy atom. The molecule has 2 heterocycles. The molecule has 0 unspecified atom stereocenters. The second-order valence-corrected chi connectivity index (χ2v) is 11.5. The molecule has 3 N–H and O–H groups in total. The predicted molar refractivity (Wildman–Crippen MR) is 164 cm³/mol. The van der Waals surface area contributed by atoms with E-state index in [0.717, 1.165) is 23.1 Å². The van der Waals surface area contributed by atoms with E-state index in [2.05, 4.69) is 65.5 Å². The van der Waals surface area contributed by atoms with Crippen LogP contribution in [0.15, 0.2) is 102 Å². The molecule has 0 saturated heterocycles. The Morgan fingerprint density at radius 2 is 1.55 bits per heavy atom. The number of benzene rings is 3. The van der Waals surface area contributed by atoms with Gasteiger partial charge in [0.1, 0.15) is 5.60 Å². The van der Waals surface area contributed by atoms with Gasteiger partial charge in [-0.2, -0.15) is 4.98 Å². The van der Waals surface area contributed by atoms with E-state index in [-0.39, 0.29) is 30.0 Å². The molecule has 0 radical (unpaired) electrons. The number of aliphatic hydroxyl groups excluding tert-OH is 1. The quantitative estimate of drug-likeness (QED) is 0.187. The summed E-state index contributed by atoms with van der Waals surface area (Å²) in [4.78, 5) is 24.8. The van der Waals surface area contributed by atoms with Crippen molar-refractivity contribution in [2.45, 2.75) is 31.9 Å². The Morgan fingerprint density at radius 3 is 2.07 bits per heavy atom. The lowest BCUT2D eigenvalue weighted by atomic mass is 9.69. The van der Waals surface area contributed by atoms with Crippen LogP contribution >= 0.6 is 0 Å². The Kier molecular flexibility index (Phi) is 7.91. The molecule has 8 nitrogen and oxygen atoms in total. The molecule has 1 fully saturated rings. The average molecular weight is 564 g/mol. The van der Waals surface area contributed by atoms with Gasteiger partial charge in [-0.05, 0) is 34.9 Å². The summed E-state index contributed by atoms with van der Waals surface area (Å²) in [5.41, 5.74) is 2.81. The minimum atomic E-state index is -0.857. The van der Waals surface area contributed by atoms with Crippen LogP contribution in [-0.4, -0.2) is 44.4 Å². The van der Waals surface area contributed by atoms with Crippen LogP contribution in [0.3, 0.4) is 0 Å². The summed E-state index contributed by atoms with van der Waals surface area (Å²) in [6.07, 6.45) is 2.44. The van der Waals surface area contributed by atoms with Gasteiger partial charge in [-0.25, -0.2) is 4.98 Å². The van der Waals surface area contributed by atoms with Gasteiger partial charge in [-0.1, -0.05) is 105 Å². The van der Waals surface area contributed by atoms with E-state index in [1.165, 1.54) is 0 Å². The first-order valence-electron chi connectivity index (χ1n) is 14.6. The number of anilines is 1. The zero-order valence-corrected chi connectivity index (χ0v) is 24.0. The molecule has 5 aromatic rings. The third kappa shape index (κ3) is 5.12. The van der Waals surface area contributed by atoms with Crippen LogP contribution in [0.5, 0.6) is 0 Å². The molecular formula is C34H37N5O3. The number of H-pyrrole nitrogens is 1. The normalized spacial score (nSPS) is 18.7. The zero-order chi connectivity index (χ0) is 29.1. The number of aliphatic hydroxyl groups is 1. The summed E-state index contributed by atoms with van der Waals surface area (Å²) in [6.45, 7) is 5.33. The number of imidazole rings is 1. The van der Waals surface area contributed by atoms with Gasteiger partial charge < -0.3 is 19.7 Å². The van der Waals surface area contributed by atoms with E-state index < -0.39 is 5.60 Å². The third-order valence-electron chi connectivity index (χ3n) is 8.38. The number of aromatic nitrogens is 4. The molecule has 1 aliphatic rings. The molecule has 3 aromatic carbocycles. The third-order valence-corrected chi connectivity index (χ3v) is 8.38. The van der Waals surface area contributed by atoms with E-state index in [1.807, 2.05) is 59.2 Å². The first kappa shape index (κ1) is 27.9. The van der Waals surface area contributed by atoms with Gasteiger partial charge in [0, 0.05) is 25.1 Å². The van der Waals surface area contributed by atoms with Crippen molar-refractivity contribution in [2.75, 3.05) is 25.1 Å². The minimum absolute atomic E-state index is 0.0175. The van der Waals surface area contributed by atoms with Crippen LogP contribution < -0.4 is 10.9 Å². The van der Waals surface area contributed by atoms with Crippen molar-refractivity contribution in [1.82, 2.24) is 19.5 Å². The first-order valence-corrected chi connectivity index (χ1v) is 14.6. The number of rotatable bonds is 11. The summed E-state index contributed by atoms with van der Waals surface area (Å²) in [5.74, 6) is 0.864. The SMILES string of the molecule is CC(C)CNc1nc2c(ncn2[C@@H]2C[C@H](CO)[C@H]2COC(c2ccccc2)(c2ccccc2)c2ccccc2)c(=O)[nH]1.